The number of hydrogen-bond donors (Lipinski definition) is 3. The Balaban J connectivity index is 2.20. The zero-order valence-corrected chi connectivity index (χ0v) is 8.27. The minimum absolute atomic E-state index is 0.118. The Morgan fingerprint density at radius 2 is 2.29 bits per heavy atom. The molecule has 1 rings (SSSR count). The lowest BCUT2D eigenvalue weighted by molar-refractivity contribution is -0.141. The number of aliphatic hydroxyl groups is 1. The maximum absolute atomic E-state index is 10.7. The van der Waals surface area contributed by atoms with Crippen LogP contribution in [0, 0.1) is 5.92 Å². The van der Waals surface area contributed by atoms with E-state index < -0.39 is 18.1 Å². The van der Waals surface area contributed by atoms with E-state index in [1.807, 2.05) is 0 Å². The number of rotatable bonds is 7. The summed E-state index contributed by atoms with van der Waals surface area (Å²) in [5, 5.41) is 21.0. The van der Waals surface area contributed by atoms with E-state index >= 15 is 0 Å². The lowest BCUT2D eigenvalue weighted by atomic mass is 10.2. The minimum atomic E-state index is -0.949. The summed E-state index contributed by atoms with van der Waals surface area (Å²) in [7, 11) is 1.45. The van der Waals surface area contributed by atoms with Gasteiger partial charge in [0.2, 0.25) is 0 Å². The van der Waals surface area contributed by atoms with E-state index in [1.165, 1.54) is 7.11 Å². The predicted molar refractivity (Wildman–Crippen MR) is 50.0 cm³/mol. The van der Waals surface area contributed by atoms with Crippen molar-refractivity contribution in [3.63, 3.8) is 0 Å². The predicted octanol–water partition coefficient (Wildman–Crippen LogP) is -0.553. The van der Waals surface area contributed by atoms with Gasteiger partial charge in [-0.15, -0.1) is 0 Å². The van der Waals surface area contributed by atoms with Gasteiger partial charge in [-0.1, -0.05) is 0 Å². The van der Waals surface area contributed by atoms with Gasteiger partial charge in [0.1, 0.15) is 6.04 Å². The molecule has 0 aromatic carbocycles. The van der Waals surface area contributed by atoms with E-state index in [0.717, 1.165) is 12.8 Å². The van der Waals surface area contributed by atoms with Gasteiger partial charge >= 0.3 is 5.97 Å². The zero-order chi connectivity index (χ0) is 10.6. The Hall–Kier alpha value is -0.650. The number of carboxylic acids is 1. The molecule has 0 radical (unpaired) electrons. The van der Waals surface area contributed by atoms with Crippen molar-refractivity contribution in [3.05, 3.63) is 0 Å². The lowest BCUT2D eigenvalue weighted by Crippen LogP contribution is -2.44. The first-order valence-electron chi connectivity index (χ1n) is 4.78. The maximum atomic E-state index is 10.7. The Bertz CT molecular complexity index is 193. The first-order valence-corrected chi connectivity index (χ1v) is 4.78. The van der Waals surface area contributed by atoms with Crippen LogP contribution in [-0.4, -0.2) is 48.6 Å². The highest BCUT2D eigenvalue weighted by molar-refractivity contribution is 5.73. The third-order valence-corrected chi connectivity index (χ3v) is 2.37. The van der Waals surface area contributed by atoms with Crippen molar-refractivity contribution in [2.45, 2.75) is 25.0 Å². The summed E-state index contributed by atoms with van der Waals surface area (Å²) in [5.74, 6) is -0.589. The van der Waals surface area contributed by atoms with Crippen LogP contribution in [0.25, 0.3) is 0 Å². The first kappa shape index (κ1) is 11.4. The fraction of sp³-hybridized carbons (Fsp3) is 0.889. The highest BCUT2D eigenvalue weighted by Crippen LogP contribution is 2.32. The fourth-order valence-electron chi connectivity index (χ4n) is 1.29. The van der Waals surface area contributed by atoms with E-state index in [4.69, 9.17) is 9.84 Å². The van der Waals surface area contributed by atoms with E-state index in [2.05, 4.69) is 5.32 Å². The summed E-state index contributed by atoms with van der Waals surface area (Å²) in [4.78, 5) is 10.7. The second kappa shape index (κ2) is 5.29. The summed E-state index contributed by atoms with van der Waals surface area (Å²) in [6.45, 7) is 0.442. The molecule has 3 N–H and O–H groups in total. The normalized spacial score (nSPS) is 20.4. The van der Waals surface area contributed by atoms with Crippen molar-refractivity contribution in [2.24, 2.45) is 5.92 Å². The van der Waals surface area contributed by atoms with Crippen LogP contribution < -0.4 is 5.32 Å². The van der Waals surface area contributed by atoms with Crippen LogP contribution in [0.1, 0.15) is 12.8 Å². The van der Waals surface area contributed by atoms with Gasteiger partial charge in [-0.05, 0) is 18.8 Å². The summed E-state index contributed by atoms with van der Waals surface area (Å²) in [6.07, 6.45) is 1.67. The molecule has 0 aromatic heterocycles. The molecule has 2 unspecified atom stereocenters. The third kappa shape index (κ3) is 3.61. The molecule has 0 saturated heterocycles. The topological polar surface area (TPSA) is 78.8 Å². The van der Waals surface area contributed by atoms with Crippen molar-refractivity contribution in [1.82, 2.24) is 5.32 Å². The van der Waals surface area contributed by atoms with Gasteiger partial charge in [0.05, 0.1) is 12.7 Å². The maximum Gasteiger partial charge on any atom is 0.323 e. The molecule has 2 atom stereocenters. The summed E-state index contributed by atoms with van der Waals surface area (Å²) < 4.78 is 4.75. The van der Waals surface area contributed by atoms with Crippen LogP contribution in [0.3, 0.4) is 0 Å². The second-order valence-corrected chi connectivity index (χ2v) is 3.66. The van der Waals surface area contributed by atoms with Gasteiger partial charge < -0.3 is 14.9 Å². The van der Waals surface area contributed by atoms with Crippen LogP contribution >= 0.6 is 0 Å². The van der Waals surface area contributed by atoms with E-state index in [-0.39, 0.29) is 6.61 Å². The van der Waals surface area contributed by atoms with E-state index in [1.54, 1.807) is 0 Å². The highest BCUT2D eigenvalue weighted by atomic mass is 16.5. The molecule has 0 amide bonds. The monoisotopic (exact) mass is 203 g/mol. The number of methoxy groups -OCH3 is 1. The molecule has 0 aliphatic heterocycles. The Kier molecular flexibility index (Phi) is 4.31. The van der Waals surface area contributed by atoms with Gasteiger partial charge in [0, 0.05) is 13.7 Å². The smallest absolute Gasteiger partial charge is 0.323 e. The summed E-state index contributed by atoms with van der Waals surface area (Å²) in [5.41, 5.74) is 0. The number of ether oxygens (including phenoxy) is 1. The van der Waals surface area contributed by atoms with Gasteiger partial charge in [-0.3, -0.25) is 10.1 Å². The van der Waals surface area contributed by atoms with Crippen LogP contribution in [0.2, 0.25) is 0 Å². The van der Waals surface area contributed by atoms with Crippen molar-refractivity contribution < 1.29 is 19.7 Å². The van der Waals surface area contributed by atoms with Crippen LogP contribution in [0.5, 0.6) is 0 Å². The average Bonchev–Trinajstić information content (AvgIpc) is 2.94. The van der Waals surface area contributed by atoms with Crippen molar-refractivity contribution >= 4 is 5.97 Å². The van der Waals surface area contributed by atoms with Gasteiger partial charge in [-0.2, -0.15) is 0 Å². The molecule has 1 saturated carbocycles. The van der Waals surface area contributed by atoms with Gasteiger partial charge in [-0.25, -0.2) is 0 Å². The number of carboxylic acid groups (broad SMARTS) is 1. The van der Waals surface area contributed by atoms with Crippen LogP contribution in [0.4, 0.5) is 0 Å². The standard InChI is InChI=1S/C9H17NO4/c1-14-5-7(9(12)13)10-4-8(11)6-2-3-6/h6-8,10-11H,2-5H2,1H3,(H,12,13). The highest BCUT2D eigenvalue weighted by Gasteiger charge is 2.30. The molecule has 14 heavy (non-hydrogen) atoms. The molecule has 82 valence electrons. The summed E-state index contributed by atoms with van der Waals surface area (Å²) >= 11 is 0. The Labute approximate surface area is 83.1 Å². The molecule has 5 heteroatoms. The fourth-order valence-corrected chi connectivity index (χ4v) is 1.29. The molecule has 0 spiro atoms. The quantitative estimate of drug-likeness (QED) is 0.517. The third-order valence-electron chi connectivity index (χ3n) is 2.37. The zero-order valence-electron chi connectivity index (χ0n) is 8.27. The number of nitrogens with one attached hydrogen (secondary N) is 1. The molecule has 5 nitrogen and oxygen atoms in total. The minimum Gasteiger partial charge on any atom is -0.480 e. The number of aliphatic carboxylic acids is 1. The second-order valence-electron chi connectivity index (χ2n) is 3.66. The van der Waals surface area contributed by atoms with Crippen molar-refractivity contribution in [3.8, 4) is 0 Å². The Morgan fingerprint density at radius 3 is 2.71 bits per heavy atom. The molecular weight excluding hydrogens is 186 g/mol. The molecule has 0 heterocycles. The van der Waals surface area contributed by atoms with Crippen molar-refractivity contribution in [2.75, 3.05) is 20.3 Å². The summed E-state index contributed by atoms with van der Waals surface area (Å²) in [6, 6.07) is -0.728. The van der Waals surface area contributed by atoms with E-state index in [0.29, 0.717) is 12.5 Å². The molecule has 0 aromatic rings. The van der Waals surface area contributed by atoms with Gasteiger partial charge in [0.15, 0.2) is 0 Å². The number of hydrogen-bond acceptors (Lipinski definition) is 4. The number of aliphatic hydroxyl groups excluding tert-OH is 1. The van der Waals surface area contributed by atoms with Crippen LogP contribution in [-0.2, 0) is 9.53 Å². The Morgan fingerprint density at radius 1 is 1.64 bits per heavy atom. The van der Waals surface area contributed by atoms with Crippen molar-refractivity contribution in [1.29, 1.82) is 0 Å². The number of carbonyl (C=O) groups is 1. The molecule has 1 fully saturated rings. The molecule has 1 aliphatic rings. The largest absolute Gasteiger partial charge is 0.480 e. The molecule has 1 aliphatic carbocycles. The van der Waals surface area contributed by atoms with E-state index in [9.17, 15) is 9.90 Å². The average molecular weight is 203 g/mol. The first-order chi connectivity index (χ1) is 6.65. The van der Waals surface area contributed by atoms with Gasteiger partial charge in [0.25, 0.3) is 0 Å². The SMILES string of the molecule is COCC(NCC(O)C1CC1)C(=O)O. The molecule has 0 bridgehead atoms. The van der Waals surface area contributed by atoms with Crippen LogP contribution in [0.15, 0.2) is 0 Å². The molecular formula is C9H17NO4. The lowest BCUT2D eigenvalue weighted by Gasteiger charge is -2.16.